The topological polar surface area (TPSA) is 118 Å². The molecule has 41 heavy (non-hydrogen) atoms. The Balaban J connectivity index is 1.01. The lowest BCUT2D eigenvalue weighted by Gasteiger charge is -2.32. The van der Waals surface area contributed by atoms with E-state index in [1.54, 1.807) is 27.5 Å². The van der Waals surface area contributed by atoms with Crippen molar-refractivity contribution in [2.24, 2.45) is 0 Å². The van der Waals surface area contributed by atoms with Crippen molar-refractivity contribution in [1.82, 2.24) is 29.7 Å². The molecule has 3 amide bonds. The van der Waals surface area contributed by atoms with Gasteiger partial charge in [0.15, 0.2) is 0 Å². The molecule has 208 valence electrons. The number of hydrogen-bond acceptors (Lipinski definition) is 8. The van der Waals surface area contributed by atoms with E-state index in [9.17, 15) is 19.2 Å². The van der Waals surface area contributed by atoms with Crippen LogP contribution in [-0.4, -0.2) is 61.2 Å². The maximum Gasteiger partial charge on any atom is 0.266 e. The summed E-state index contributed by atoms with van der Waals surface area (Å²) < 4.78 is 1.55. The number of carbonyl (C=O) groups is 3. The quantitative estimate of drug-likeness (QED) is 0.368. The van der Waals surface area contributed by atoms with Gasteiger partial charge in [-0.3, -0.25) is 38.9 Å². The highest BCUT2D eigenvalue weighted by atomic mass is 32.1. The molecule has 0 radical (unpaired) electrons. The molecule has 3 aliphatic rings. The minimum atomic E-state index is -0.597. The Labute approximate surface area is 239 Å². The lowest BCUT2D eigenvalue weighted by molar-refractivity contribution is -0.136. The molecule has 3 aliphatic heterocycles. The summed E-state index contributed by atoms with van der Waals surface area (Å²) in [5.74, 6) is -0.413. The van der Waals surface area contributed by atoms with Gasteiger partial charge in [-0.2, -0.15) is 0 Å². The average Bonchev–Trinajstić information content (AvgIpc) is 3.62. The normalized spacial score (nSPS) is 20.0. The van der Waals surface area contributed by atoms with Gasteiger partial charge >= 0.3 is 0 Å². The number of imide groups is 1. The Hall–Kier alpha value is -4.22. The van der Waals surface area contributed by atoms with Gasteiger partial charge in [0.05, 0.1) is 22.6 Å². The molecule has 2 fully saturated rings. The Morgan fingerprint density at radius 2 is 1.85 bits per heavy atom. The van der Waals surface area contributed by atoms with E-state index in [1.807, 2.05) is 24.3 Å². The summed E-state index contributed by atoms with van der Waals surface area (Å²) in [5.41, 5.74) is 6.20. The van der Waals surface area contributed by atoms with Crippen LogP contribution in [0.1, 0.15) is 58.6 Å². The Morgan fingerprint density at radius 3 is 2.63 bits per heavy atom. The molecule has 0 spiro atoms. The molecule has 7 rings (SSSR count). The van der Waals surface area contributed by atoms with Crippen LogP contribution in [0.5, 0.6) is 0 Å². The second kappa shape index (κ2) is 10.3. The molecule has 4 aromatic rings. The molecular formula is C30H28N6O4S. The summed E-state index contributed by atoms with van der Waals surface area (Å²) in [6.45, 7) is 3.02. The van der Waals surface area contributed by atoms with Crippen LogP contribution in [-0.2, 0) is 22.7 Å². The monoisotopic (exact) mass is 568 g/mol. The first-order valence-corrected chi connectivity index (χ1v) is 14.7. The number of rotatable bonds is 5. The van der Waals surface area contributed by atoms with Crippen molar-refractivity contribution in [1.29, 1.82) is 0 Å². The number of carbonyl (C=O) groups excluding carboxylic acids is 3. The molecule has 2 aromatic heterocycles. The molecule has 0 bridgehead atoms. The van der Waals surface area contributed by atoms with E-state index >= 15 is 0 Å². The lowest BCUT2D eigenvalue weighted by Crippen LogP contribution is -2.52. The fourth-order valence-corrected chi connectivity index (χ4v) is 6.88. The summed E-state index contributed by atoms with van der Waals surface area (Å²) in [6, 6.07) is 11.4. The number of hydrogen-bond donors (Lipinski definition) is 1. The maximum absolute atomic E-state index is 13.1. The van der Waals surface area contributed by atoms with Crippen LogP contribution in [0.25, 0.3) is 15.9 Å². The van der Waals surface area contributed by atoms with Gasteiger partial charge in [0, 0.05) is 25.1 Å². The number of nitrogens with zero attached hydrogens (tertiary/aromatic N) is 5. The van der Waals surface area contributed by atoms with Crippen molar-refractivity contribution < 1.29 is 14.4 Å². The average molecular weight is 569 g/mol. The Morgan fingerprint density at radius 1 is 1.00 bits per heavy atom. The van der Waals surface area contributed by atoms with Gasteiger partial charge in [0.2, 0.25) is 11.8 Å². The molecule has 1 unspecified atom stereocenters. The second-order valence-electron chi connectivity index (χ2n) is 11.0. The number of benzene rings is 2. The van der Waals surface area contributed by atoms with Crippen molar-refractivity contribution in [3.63, 3.8) is 0 Å². The van der Waals surface area contributed by atoms with Gasteiger partial charge in [-0.05, 0) is 73.2 Å². The van der Waals surface area contributed by atoms with E-state index in [-0.39, 0.29) is 29.7 Å². The van der Waals surface area contributed by atoms with Crippen molar-refractivity contribution in [3.8, 4) is 5.00 Å². The second-order valence-corrected chi connectivity index (χ2v) is 11.8. The van der Waals surface area contributed by atoms with E-state index < -0.39 is 6.04 Å². The molecule has 1 N–H and O–H groups in total. The van der Waals surface area contributed by atoms with Gasteiger partial charge in [-0.1, -0.05) is 18.2 Å². The molecular weight excluding hydrogens is 540 g/mol. The van der Waals surface area contributed by atoms with Crippen LogP contribution < -0.4 is 10.9 Å². The number of piperidine rings is 2. The highest BCUT2D eigenvalue weighted by Crippen LogP contribution is 2.34. The predicted octanol–water partition coefficient (Wildman–Crippen LogP) is 2.98. The summed E-state index contributed by atoms with van der Waals surface area (Å²) in [6.07, 6.45) is 5.84. The van der Waals surface area contributed by atoms with Crippen LogP contribution in [0.3, 0.4) is 0 Å². The fourth-order valence-electron chi connectivity index (χ4n) is 6.28. The van der Waals surface area contributed by atoms with Gasteiger partial charge in [-0.25, -0.2) is 4.98 Å². The van der Waals surface area contributed by atoms with Gasteiger partial charge < -0.3 is 4.90 Å². The number of thiazole rings is 1. The number of nitrogens with one attached hydrogen (secondary N) is 1. The van der Waals surface area contributed by atoms with E-state index in [1.165, 1.54) is 16.9 Å². The third kappa shape index (κ3) is 4.74. The molecule has 0 aliphatic carbocycles. The van der Waals surface area contributed by atoms with Crippen LogP contribution in [0.4, 0.5) is 0 Å². The molecule has 5 heterocycles. The van der Waals surface area contributed by atoms with E-state index in [4.69, 9.17) is 0 Å². The van der Waals surface area contributed by atoms with E-state index in [0.29, 0.717) is 35.3 Å². The molecule has 1 atom stereocenters. The van der Waals surface area contributed by atoms with Gasteiger partial charge in [-0.15, -0.1) is 11.3 Å². The Bertz CT molecular complexity index is 1740. The van der Waals surface area contributed by atoms with Crippen molar-refractivity contribution in [2.75, 3.05) is 13.1 Å². The zero-order chi connectivity index (χ0) is 28.1. The first-order valence-electron chi connectivity index (χ1n) is 13.8. The van der Waals surface area contributed by atoms with E-state index in [2.05, 4.69) is 32.3 Å². The van der Waals surface area contributed by atoms with Crippen LogP contribution in [0.2, 0.25) is 0 Å². The highest BCUT2D eigenvalue weighted by molar-refractivity contribution is 7.12. The van der Waals surface area contributed by atoms with Gasteiger partial charge in [0.25, 0.3) is 11.5 Å². The van der Waals surface area contributed by atoms with Crippen LogP contribution in [0.15, 0.2) is 59.2 Å². The SMILES string of the molecule is O=C1CCC(N2Cc3cc(C4CCN(Cc5ccc6ncn(-c7cncs7)c(=O)c6c5)CC4)ccc3C2=O)C(=O)N1. The molecule has 2 saturated heterocycles. The zero-order valence-electron chi connectivity index (χ0n) is 22.3. The number of fused-ring (bicyclic) bond motifs is 2. The van der Waals surface area contributed by atoms with Crippen LogP contribution >= 0.6 is 11.3 Å². The third-order valence-electron chi connectivity index (χ3n) is 8.49. The fraction of sp³-hybridized carbons (Fsp3) is 0.333. The Kier molecular flexibility index (Phi) is 6.47. The summed E-state index contributed by atoms with van der Waals surface area (Å²) in [4.78, 5) is 62.6. The predicted molar refractivity (Wildman–Crippen MR) is 153 cm³/mol. The molecule has 2 aromatic carbocycles. The van der Waals surface area contributed by atoms with Gasteiger partial charge in [0.1, 0.15) is 17.4 Å². The van der Waals surface area contributed by atoms with Crippen molar-refractivity contribution in [2.45, 2.75) is 50.7 Å². The minimum absolute atomic E-state index is 0.0916. The zero-order valence-corrected chi connectivity index (χ0v) is 23.1. The van der Waals surface area contributed by atoms with Crippen LogP contribution in [0, 0.1) is 0 Å². The standard InChI is InChI=1S/C30H28N6O4S/c37-26-6-5-25(28(38)33-26)35-15-21-12-20(2-3-22(21)29(35)39)19-7-9-34(10-8-19)14-18-1-4-24-23(11-18)30(40)36(16-32-24)27-13-31-17-41-27/h1-4,11-13,16-17,19,25H,5-10,14-15H2,(H,33,37,38). The molecule has 11 heteroatoms. The maximum atomic E-state index is 13.1. The summed E-state index contributed by atoms with van der Waals surface area (Å²) in [5, 5.41) is 3.71. The summed E-state index contributed by atoms with van der Waals surface area (Å²) >= 11 is 1.40. The third-order valence-corrected chi connectivity index (χ3v) is 9.26. The number of aromatic nitrogens is 3. The first kappa shape index (κ1) is 25.7. The smallest absolute Gasteiger partial charge is 0.266 e. The molecule has 0 saturated carbocycles. The number of likely N-dealkylation sites (tertiary alicyclic amines) is 1. The molecule has 10 nitrogen and oxygen atoms in total. The van der Waals surface area contributed by atoms with Crippen molar-refractivity contribution in [3.05, 3.63) is 87.0 Å². The van der Waals surface area contributed by atoms with E-state index in [0.717, 1.165) is 48.6 Å². The highest BCUT2D eigenvalue weighted by Gasteiger charge is 2.39. The minimum Gasteiger partial charge on any atom is -0.322 e. The largest absolute Gasteiger partial charge is 0.322 e. The first-order chi connectivity index (χ1) is 19.9. The van der Waals surface area contributed by atoms with Crippen molar-refractivity contribution >= 4 is 40.0 Å². The number of amides is 3. The lowest BCUT2D eigenvalue weighted by atomic mass is 9.87. The summed E-state index contributed by atoms with van der Waals surface area (Å²) in [7, 11) is 0.